The minimum atomic E-state index is -3.93. The van der Waals surface area contributed by atoms with Gasteiger partial charge < -0.3 is 19.7 Å². The molecule has 0 heterocycles. The molecule has 214 valence electrons. The third kappa shape index (κ3) is 7.75. The van der Waals surface area contributed by atoms with Gasteiger partial charge in [-0.2, -0.15) is 0 Å². The Balaban J connectivity index is 2.09. The van der Waals surface area contributed by atoms with Crippen molar-refractivity contribution in [3.8, 4) is 11.5 Å². The summed E-state index contributed by atoms with van der Waals surface area (Å²) in [5.41, 5.74) is 2.86. The summed E-state index contributed by atoms with van der Waals surface area (Å²) in [4.78, 5) is 29.0. The Hall–Kier alpha value is -4.05. The summed E-state index contributed by atoms with van der Waals surface area (Å²) >= 11 is 0. The van der Waals surface area contributed by atoms with Gasteiger partial charge in [0.25, 0.3) is 0 Å². The van der Waals surface area contributed by atoms with Crippen LogP contribution in [0.3, 0.4) is 0 Å². The van der Waals surface area contributed by atoms with Crippen molar-refractivity contribution in [1.29, 1.82) is 0 Å². The maximum atomic E-state index is 14.1. The first-order valence-electron chi connectivity index (χ1n) is 12.9. The summed E-state index contributed by atoms with van der Waals surface area (Å²) < 4.78 is 37.7. The maximum Gasteiger partial charge on any atom is 0.244 e. The van der Waals surface area contributed by atoms with Crippen molar-refractivity contribution in [2.24, 2.45) is 0 Å². The Kier molecular flexibility index (Phi) is 10.6. The van der Waals surface area contributed by atoms with Gasteiger partial charge in [-0.1, -0.05) is 54.6 Å². The molecule has 0 fully saturated rings. The first kappa shape index (κ1) is 30.5. The maximum absolute atomic E-state index is 14.1. The van der Waals surface area contributed by atoms with Crippen molar-refractivity contribution in [3.05, 3.63) is 89.5 Å². The summed E-state index contributed by atoms with van der Waals surface area (Å²) in [6.07, 6.45) is 1.29. The number of methoxy groups -OCH3 is 2. The van der Waals surface area contributed by atoms with Crippen LogP contribution in [0.5, 0.6) is 11.5 Å². The van der Waals surface area contributed by atoms with Gasteiger partial charge in [-0.3, -0.25) is 13.9 Å². The number of sulfonamides is 1. The van der Waals surface area contributed by atoms with Gasteiger partial charge in [-0.05, 0) is 42.7 Å². The average Bonchev–Trinajstić information content (AvgIpc) is 2.94. The Morgan fingerprint density at radius 1 is 0.950 bits per heavy atom. The normalized spacial score (nSPS) is 11.8. The van der Waals surface area contributed by atoms with E-state index in [4.69, 9.17) is 9.47 Å². The molecule has 0 spiro atoms. The molecule has 1 N–H and O–H groups in total. The highest BCUT2D eigenvalue weighted by atomic mass is 32.2. The Bertz CT molecular complexity index is 1410. The van der Waals surface area contributed by atoms with Crippen molar-refractivity contribution in [2.75, 3.05) is 37.9 Å². The molecule has 2 amide bonds. The van der Waals surface area contributed by atoms with Crippen LogP contribution in [-0.2, 0) is 32.6 Å². The lowest BCUT2D eigenvalue weighted by atomic mass is 10.0. The predicted molar refractivity (Wildman–Crippen MR) is 156 cm³/mol. The molecule has 0 aliphatic carbocycles. The molecule has 0 saturated carbocycles. The van der Waals surface area contributed by atoms with Gasteiger partial charge in [-0.15, -0.1) is 0 Å². The standard InChI is InChI=1S/C30H37N3O6S/c1-6-31-30(35)27(18-23-13-8-7-9-14-23)32(20-24-15-11-10-12-22(24)2)29(34)21-33(40(5,36)37)26-17-16-25(38-3)19-28(26)39-4/h7-17,19,27H,6,18,20-21H2,1-5H3,(H,31,35)/t27-/m0/s1. The number of amides is 2. The largest absolute Gasteiger partial charge is 0.497 e. The molecule has 3 rings (SSSR count). The highest BCUT2D eigenvalue weighted by Gasteiger charge is 2.33. The highest BCUT2D eigenvalue weighted by molar-refractivity contribution is 7.92. The summed E-state index contributed by atoms with van der Waals surface area (Å²) in [5.74, 6) is -0.145. The molecular formula is C30H37N3O6S. The predicted octanol–water partition coefficient (Wildman–Crippen LogP) is 3.55. The molecular weight excluding hydrogens is 530 g/mol. The van der Waals surface area contributed by atoms with Crippen LogP contribution in [0.4, 0.5) is 5.69 Å². The number of aryl methyl sites for hydroxylation is 1. The molecule has 3 aromatic rings. The third-order valence-electron chi connectivity index (χ3n) is 6.56. The van der Waals surface area contributed by atoms with E-state index in [-0.39, 0.29) is 30.3 Å². The molecule has 0 aliphatic rings. The molecule has 0 unspecified atom stereocenters. The van der Waals surface area contributed by atoms with Gasteiger partial charge in [0.1, 0.15) is 24.1 Å². The zero-order valence-corrected chi connectivity index (χ0v) is 24.4. The topological polar surface area (TPSA) is 105 Å². The molecule has 40 heavy (non-hydrogen) atoms. The third-order valence-corrected chi connectivity index (χ3v) is 7.69. The number of nitrogens with one attached hydrogen (secondary N) is 1. The second-order valence-electron chi connectivity index (χ2n) is 9.36. The van der Waals surface area contributed by atoms with Crippen LogP contribution in [0, 0.1) is 6.92 Å². The van der Waals surface area contributed by atoms with Crippen LogP contribution in [0.25, 0.3) is 0 Å². The van der Waals surface area contributed by atoms with E-state index in [1.54, 1.807) is 12.1 Å². The number of benzene rings is 3. The Morgan fingerprint density at radius 2 is 1.62 bits per heavy atom. The van der Waals surface area contributed by atoms with Gasteiger partial charge in [-0.25, -0.2) is 8.42 Å². The smallest absolute Gasteiger partial charge is 0.244 e. The minimum absolute atomic E-state index is 0.123. The van der Waals surface area contributed by atoms with Crippen LogP contribution in [-0.4, -0.2) is 64.7 Å². The zero-order valence-electron chi connectivity index (χ0n) is 23.6. The number of nitrogens with zero attached hydrogens (tertiary/aromatic N) is 2. The number of carbonyl (C=O) groups excluding carboxylic acids is 2. The first-order valence-corrected chi connectivity index (χ1v) is 14.8. The second-order valence-corrected chi connectivity index (χ2v) is 11.3. The number of ether oxygens (including phenoxy) is 2. The zero-order chi connectivity index (χ0) is 29.3. The quantitative estimate of drug-likeness (QED) is 0.339. The van der Waals surface area contributed by atoms with Gasteiger partial charge in [0.05, 0.1) is 26.2 Å². The highest BCUT2D eigenvalue weighted by Crippen LogP contribution is 2.34. The summed E-state index contributed by atoms with van der Waals surface area (Å²) in [7, 11) is -1.03. The van der Waals surface area contributed by atoms with Crippen LogP contribution in [0.2, 0.25) is 0 Å². The van der Waals surface area contributed by atoms with E-state index < -0.39 is 28.5 Å². The molecule has 9 nitrogen and oxygen atoms in total. The van der Waals surface area contributed by atoms with Crippen LogP contribution in [0.15, 0.2) is 72.8 Å². The lowest BCUT2D eigenvalue weighted by Gasteiger charge is -2.34. The fraction of sp³-hybridized carbons (Fsp3) is 0.333. The van der Waals surface area contributed by atoms with Crippen molar-refractivity contribution in [2.45, 2.75) is 32.9 Å². The second kappa shape index (κ2) is 13.8. The van der Waals surface area contributed by atoms with E-state index in [2.05, 4.69) is 5.32 Å². The fourth-order valence-corrected chi connectivity index (χ4v) is 5.26. The Morgan fingerprint density at radius 3 is 2.23 bits per heavy atom. The summed E-state index contributed by atoms with van der Waals surface area (Å²) in [6, 6.07) is 20.8. The summed E-state index contributed by atoms with van der Waals surface area (Å²) in [6.45, 7) is 3.72. The Labute approximate surface area is 236 Å². The van der Waals surface area contributed by atoms with Gasteiger partial charge in [0.2, 0.25) is 21.8 Å². The van der Waals surface area contributed by atoms with Crippen molar-refractivity contribution < 1.29 is 27.5 Å². The molecule has 0 radical (unpaired) electrons. The lowest BCUT2D eigenvalue weighted by molar-refractivity contribution is -0.140. The number of hydrogen-bond acceptors (Lipinski definition) is 6. The van der Waals surface area contributed by atoms with Crippen molar-refractivity contribution in [1.82, 2.24) is 10.2 Å². The van der Waals surface area contributed by atoms with Crippen LogP contribution < -0.4 is 19.1 Å². The van der Waals surface area contributed by atoms with Gasteiger partial charge in [0, 0.05) is 25.6 Å². The van der Waals surface area contributed by atoms with E-state index in [0.29, 0.717) is 12.3 Å². The number of hydrogen-bond donors (Lipinski definition) is 1. The van der Waals surface area contributed by atoms with E-state index in [1.807, 2.05) is 68.4 Å². The van der Waals surface area contributed by atoms with Crippen molar-refractivity contribution in [3.63, 3.8) is 0 Å². The van der Waals surface area contributed by atoms with Crippen LogP contribution >= 0.6 is 0 Å². The van der Waals surface area contributed by atoms with E-state index >= 15 is 0 Å². The van der Waals surface area contributed by atoms with E-state index in [0.717, 1.165) is 27.3 Å². The lowest BCUT2D eigenvalue weighted by Crippen LogP contribution is -2.53. The minimum Gasteiger partial charge on any atom is -0.497 e. The molecule has 0 saturated heterocycles. The number of anilines is 1. The number of likely N-dealkylation sites (N-methyl/N-ethyl adjacent to an activating group) is 1. The molecule has 0 aromatic heterocycles. The molecule has 1 atom stereocenters. The molecule has 10 heteroatoms. The SMILES string of the molecule is CCNC(=O)[C@H](Cc1ccccc1)N(Cc1ccccc1C)C(=O)CN(c1ccc(OC)cc1OC)S(C)(=O)=O. The molecule has 3 aromatic carbocycles. The van der Waals surface area contributed by atoms with Crippen LogP contribution in [0.1, 0.15) is 23.6 Å². The molecule has 0 bridgehead atoms. The fourth-order valence-electron chi connectivity index (χ4n) is 4.40. The van der Waals surface area contributed by atoms with Gasteiger partial charge in [0.15, 0.2) is 0 Å². The van der Waals surface area contributed by atoms with E-state index in [1.165, 1.54) is 25.2 Å². The number of rotatable bonds is 13. The van der Waals surface area contributed by atoms with Crippen molar-refractivity contribution >= 4 is 27.5 Å². The number of carbonyl (C=O) groups is 2. The first-order chi connectivity index (χ1) is 19.1. The monoisotopic (exact) mass is 567 g/mol. The summed E-state index contributed by atoms with van der Waals surface area (Å²) in [5, 5.41) is 2.85. The molecule has 0 aliphatic heterocycles. The average molecular weight is 568 g/mol. The van der Waals surface area contributed by atoms with E-state index in [9.17, 15) is 18.0 Å². The van der Waals surface area contributed by atoms with Gasteiger partial charge >= 0.3 is 0 Å².